The van der Waals surface area contributed by atoms with E-state index in [2.05, 4.69) is 10.3 Å². The van der Waals surface area contributed by atoms with Gasteiger partial charge in [0.25, 0.3) is 11.8 Å². The highest BCUT2D eigenvalue weighted by atomic mass is 33.1. The van der Waals surface area contributed by atoms with Gasteiger partial charge in [-0.2, -0.15) is 0 Å². The first-order chi connectivity index (χ1) is 16.8. The quantitative estimate of drug-likeness (QED) is 0.407. The number of likely N-dealkylation sites (N-methyl/N-ethyl adjacent to an activating group) is 1. The number of nitrogens with zero attached hydrogens (tertiary/aromatic N) is 2. The number of aromatic nitrogens is 1. The van der Waals surface area contributed by atoms with Crippen LogP contribution >= 0.6 is 21.6 Å². The van der Waals surface area contributed by atoms with E-state index in [9.17, 15) is 14.4 Å². The summed E-state index contributed by atoms with van der Waals surface area (Å²) in [6.07, 6.45) is 0.341. The molecule has 0 saturated carbocycles. The molecule has 4 saturated heterocycles. The van der Waals surface area contributed by atoms with Gasteiger partial charge in [-0.05, 0) is 41.0 Å². The second-order valence-electron chi connectivity index (χ2n) is 9.58. The number of carbonyl (C=O) groups is 3. The van der Waals surface area contributed by atoms with Gasteiger partial charge in [0, 0.05) is 36.8 Å². The van der Waals surface area contributed by atoms with E-state index >= 15 is 0 Å². The summed E-state index contributed by atoms with van der Waals surface area (Å²) < 4.78 is 6.18. The number of para-hydroxylation sites is 2. The van der Waals surface area contributed by atoms with Crippen LogP contribution in [0.2, 0.25) is 0 Å². The van der Waals surface area contributed by atoms with E-state index < -0.39 is 33.4 Å². The van der Waals surface area contributed by atoms with E-state index in [0.717, 1.165) is 27.7 Å². The molecule has 2 N–H and O–H groups in total. The molecule has 0 unspecified atom stereocenters. The second kappa shape index (κ2) is 6.55. The Bertz CT molecular complexity index is 1470. The van der Waals surface area contributed by atoms with Crippen LogP contribution in [-0.4, -0.2) is 61.6 Å². The van der Waals surface area contributed by atoms with Gasteiger partial charge in [0.2, 0.25) is 4.87 Å². The maximum atomic E-state index is 14.2. The summed E-state index contributed by atoms with van der Waals surface area (Å²) in [5.41, 5.74) is 2.54. The number of ether oxygens (including phenoxy) is 1. The van der Waals surface area contributed by atoms with Crippen LogP contribution in [0.25, 0.3) is 10.9 Å². The van der Waals surface area contributed by atoms with Gasteiger partial charge in [-0.3, -0.25) is 19.3 Å². The van der Waals surface area contributed by atoms with Gasteiger partial charge in [0.05, 0.1) is 0 Å². The summed E-state index contributed by atoms with van der Waals surface area (Å²) >= 11 is 0. The van der Waals surface area contributed by atoms with Crippen molar-refractivity contribution in [2.75, 3.05) is 12.4 Å². The number of anilines is 1. The average molecular weight is 507 g/mol. The lowest BCUT2D eigenvalue weighted by atomic mass is 9.70. The number of nitrogens with one attached hydrogen (secondary N) is 2. The molecule has 5 aliphatic rings. The fourth-order valence-corrected chi connectivity index (χ4v) is 9.97. The molecule has 8 rings (SSSR count). The molecule has 3 aromatic rings. The number of hydrogen-bond donors (Lipinski definition) is 2. The summed E-state index contributed by atoms with van der Waals surface area (Å²) in [6.45, 7) is 3.14. The van der Waals surface area contributed by atoms with Crippen LogP contribution in [0.3, 0.4) is 0 Å². The molecule has 1 aromatic heterocycles. The number of benzene rings is 2. The van der Waals surface area contributed by atoms with Crippen molar-refractivity contribution in [3.05, 3.63) is 65.9 Å². The first-order valence-corrected chi connectivity index (χ1v) is 13.5. The Hall–Kier alpha value is -3.11. The largest absolute Gasteiger partial charge is 0.457 e. The summed E-state index contributed by atoms with van der Waals surface area (Å²) in [5.74, 6) is -0.906. The van der Waals surface area contributed by atoms with Gasteiger partial charge in [-0.25, -0.2) is 0 Å². The lowest BCUT2D eigenvalue weighted by Gasteiger charge is -2.58. The van der Waals surface area contributed by atoms with E-state index in [1.165, 1.54) is 33.4 Å². The number of amides is 2. The molecule has 2 amide bonds. The van der Waals surface area contributed by atoms with Gasteiger partial charge in [0.15, 0.2) is 11.0 Å². The van der Waals surface area contributed by atoms with Crippen molar-refractivity contribution < 1.29 is 19.1 Å². The van der Waals surface area contributed by atoms with Gasteiger partial charge >= 0.3 is 5.97 Å². The lowest BCUT2D eigenvalue weighted by Crippen LogP contribution is -2.77. The van der Waals surface area contributed by atoms with Gasteiger partial charge in [-0.1, -0.05) is 47.2 Å². The molecule has 1 spiro atoms. The van der Waals surface area contributed by atoms with E-state index in [0.29, 0.717) is 0 Å². The lowest BCUT2D eigenvalue weighted by molar-refractivity contribution is -0.170. The third kappa shape index (κ3) is 2.17. The number of hydrogen-bond acceptors (Lipinski definition) is 7. The highest BCUT2D eigenvalue weighted by Gasteiger charge is 2.83. The number of piperazine rings is 1. The molecule has 5 atom stereocenters. The maximum absolute atomic E-state index is 14.2. The molecule has 2 bridgehead atoms. The Morgan fingerprint density at radius 1 is 1.03 bits per heavy atom. The van der Waals surface area contributed by atoms with E-state index in [4.69, 9.17) is 4.74 Å². The molecular weight excluding hydrogens is 484 g/mol. The number of fused-ring (bicyclic) bond motifs is 6. The summed E-state index contributed by atoms with van der Waals surface area (Å²) in [6, 6.07) is 15.8. The van der Waals surface area contributed by atoms with E-state index in [-0.39, 0.29) is 11.8 Å². The van der Waals surface area contributed by atoms with Crippen LogP contribution in [-0.2, 0) is 24.5 Å². The smallest absolute Gasteiger partial charge is 0.303 e. The molecule has 178 valence electrons. The fraction of sp³-hybridized carbons (Fsp3) is 0.320. The van der Waals surface area contributed by atoms with Crippen LogP contribution in [0.1, 0.15) is 25.0 Å². The third-order valence-corrected chi connectivity index (χ3v) is 11.7. The first-order valence-electron chi connectivity index (χ1n) is 11.4. The average Bonchev–Trinajstić information content (AvgIpc) is 3.48. The minimum absolute atomic E-state index is 0.174. The molecule has 6 heterocycles. The zero-order chi connectivity index (χ0) is 24.3. The van der Waals surface area contributed by atoms with Crippen molar-refractivity contribution in [3.63, 3.8) is 0 Å². The standard InChI is InChI=1S/C25H22N4O4S2/c1-13(30)33-19-24(16-12-26-17-10-6-4-8-14(16)17)15-9-5-7-11-18(15)27-20(24)29-21(31)23(2)28(3)22(32)25(19,29)35-34-23/h4-12,19-20,26-27H,1-3H3/t19-,20+,23-,24+,25-/m0/s1. The number of rotatable bonds is 2. The van der Waals surface area contributed by atoms with Gasteiger partial charge < -0.3 is 19.9 Å². The maximum Gasteiger partial charge on any atom is 0.303 e. The summed E-state index contributed by atoms with van der Waals surface area (Å²) in [7, 11) is 4.35. The monoisotopic (exact) mass is 506 g/mol. The molecular formula is C25H22N4O4S2. The predicted octanol–water partition coefficient (Wildman–Crippen LogP) is 3.26. The zero-order valence-corrected chi connectivity index (χ0v) is 20.8. The highest BCUT2D eigenvalue weighted by molar-refractivity contribution is 8.78. The Morgan fingerprint density at radius 2 is 1.77 bits per heavy atom. The minimum atomic E-state index is -1.41. The van der Waals surface area contributed by atoms with Crippen LogP contribution in [0.4, 0.5) is 5.69 Å². The number of H-pyrrole nitrogens is 1. The summed E-state index contributed by atoms with van der Waals surface area (Å²) in [4.78, 5) is 45.0. The molecule has 10 heteroatoms. The van der Waals surface area contributed by atoms with Crippen molar-refractivity contribution in [1.29, 1.82) is 0 Å². The third-order valence-electron chi connectivity index (χ3n) is 8.00. The molecule has 0 aliphatic carbocycles. The molecule has 5 aliphatic heterocycles. The summed E-state index contributed by atoms with van der Waals surface area (Å²) in [5, 5.41) is 4.52. The van der Waals surface area contributed by atoms with Crippen LogP contribution in [0, 0.1) is 0 Å². The predicted molar refractivity (Wildman–Crippen MR) is 134 cm³/mol. The normalized spacial score (nSPS) is 34.6. The Labute approximate surface area is 209 Å². The van der Waals surface area contributed by atoms with Crippen molar-refractivity contribution in [1.82, 2.24) is 14.8 Å². The van der Waals surface area contributed by atoms with E-state index in [1.54, 1.807) is 18.9 Å². The number of esters is 1. The molecule has 4 fully saturated rings. The SMILES string of the molecule is CC(=O)O[C@H]1[C@]2(c3c[nH]c4ccccc34)c3ccccc3N[C@@H]2N2C(=O)[C@]3(C)SS[C@]12C(=O)N3C. The first kappa shape index (κ1) is 21.2. The molecule has 2 aromatic carbocycles. The van der Waals surface area contributed by atoms with Gasteiger partial charge in [0.1, 0.15) is 11.6 Å². The molecule has 35 heavy (non-hydrogen) atoms. The fourth-order valence-electron chi connectivity index (χ4n) is 6.38. The molecule has 0 radical (unpaired) electrons. The van der Waals surface area contributed by atoms with Crippen molar-refractivity contribution in [2.45, 2.75) is 41.3 Å². The van der Waals surface area contributed by atoms with Crippen LogP contribution in [0.15, 0.2) is 54.7 Å². The van der Waals surface area contributed by atoms with Crippen LogP contribution < -0.4 is 5.32 Å². The molecule has 8 nitrogen and oxygen atoms in total. The number of aromatic amines is 1. The topological polar surface area (TPSA) is 94.7 Å². The Morgan fingerprint density at radius 3 is 2.57 bits per heavy atom. The second-order valence-corrected chi connectivity index (χ2v) is 12.3. The Balaban J connectivity index is 1.62. The van der Waals surface area contributed by atoms with Crippen molar-refractivity contribution in [3.8, 4) is 0 Å². The Kier molecular flexibility index (Phi) is 3.97. The van der Waals surface area contributed by atoms with Crippen molar-refractivity contribution in [2.24, 2.45) is 0 Å². The highest BCUT2D eigenvalue weighted by Crippen LogP contribution is 2.70. The van der Waals surface area contributed by atoms with Crippen LogP contribution in [0.5, 0.6) is 0 Å². The minimum Gasteiger partial charge on any atom is -0.457 e. The van der Waals surface area contributed by atoms with E-state index in [1.807, 2.05) is 54.7 Å². The number of carbonyl (C=O) groups excluding carboxylic acids is 3. The van der Waals surface area contributed by atoms with Crippen molar-refractivity contribution >= 4 is 56.0 Å². The van der Waals surface area contributed by atoms with Gasteiger partial charge in [-0.15, -0.1) is 0 Å². The zero-order valence-electron chi connectivity index (χ0n) is 19.2.